The van der Waals surface area contributed by atoms with Gasteiger partial charge in [0.05, 0.1) is 6.54 Å². The number of hydrogen-bond donors (Lipinski definition) is 2. The normalized spacial score (nSPS) is 17.9. The summed E-state index contributed by atoms with van der Waals surface area (Å²) < 4.78 is 0. The fourth-order valence-corrected chi connectivity index (χ4v) is 2.77. The van der Waals surface area contributed by atoms with Crippen LogP contribution in [0, 0.1) is 5.92 Å². The van der Waals surface area contributed by atoms with Gasteiger partial charge in [0, 0.05) is 30.4 Å². The van der Waals surface area contributed by atoms with Crippen molar-refractivity contribution in [2.24, 2.45) is 5.92 Å². The SMILES string of the molecule is O=C(CNC(=O)C1CC1)Nc1ccc(N2CCCCC2)cc1. The van der Waals surface area contributed by atoms with E-state index in [-0.39, 0.29) is 24.3 Å². The lowest BCUT2D eigenvalue weighted by atomic mass is 10.1. The smallest absolute Gasteiger partial charge is 0.243 e. The van der Waals surface area contributed by atoms with Crippen LogP contribution in [0.2, 0.25) is 0 Å². The Kier molecular flexibility index (Phi) is 4.61. The van der Waals surface area contributed by atoms with Crippen molar-refractivity contribution in [3.63, 3.8) is 0 Å². The van der Waals surface area contributed by atoms with Gasteiger partial charge < -0.3 is 15.5 Å². The molecule has 1 aliphatic heterocycles. The summed E-state index contributed by atoms with van der Waals surface area (Å²) in [7, 11) is 0. The van der Waals surface area contributed by atoms with Crippen LogP contribution in [-0.2, 0) is 9.59 Å². The summed E-state index contributed by atoms with van der Waals surface area (Å²) in [5.41, 5.74) is 1.98. The molecule has 22 heavy (non-hydrogen) atoms. The summed E-state index contributed by atoms with van der Waals surface area (Å²) >= 11 is 0. The van der Waals surface area contributed by atoms with Gasteiger partial charge in [0.2, 0.25) is 11.8 Å². The van der Waals surface area contributed by atoms with Gasteiger partial charge >= 0.3 is 0 Å². The first-order valence-electron chi connectivity index (χ1n) is 8.15. The number of nitrogens with zero attached hydrogens (tertiary/aromatic N) is 1. The van der Waals surface area contributed by atoms with Crippen LogP contribution in [0.25, 0.3) is 0 Å². The van der Waals surface area contributed by atoms with E-state index >= 15 is 0 Å². The highest BCUT2D eigenvalue weighted by Gasteiger charge is 2.29. The third-order valence-electron chi connectivity index (χ3n) is 4.24. The Morgan fingerprint density at radius 1 is 1.05 bits per heavy atom. The van der Waals surface area contributed by atoms with Crippen molar-refractivity contribution in [1.82, 2.24) is 5.32 Å². The minimum Gasteiger partial charge on any atom is -0.372 e. The van der Waals surface area contributed by atoms with E-state index in [0.29, 0.717) is 0 Å². The van der Waals surface area contributed by atoms with E-state index in [9.17, 15) is 9.59 Å². The van der Waals surface area contributed by atoms with E-state index in [1.807, 2.05) is 24.3 Å². The Hall–Kier alpha value is -2.04. The van der Waals surface area contributed by atoms with Gasteiger partial charge in [0.1, 0.15) is 0 Å². The molecule has 3 rings (SSSR count). The standard InChI is InChI=1S/C17H23N3O2/c21-16(12-18-17(22)13-4-5-13)19-14-6-8-15(9-7-14)20-10-2-1-3-11-20/h6-9,13H,1-5,10-12H2,(H,18,22)(H,19,21). The Labute approximate surface area is 131 Å². The Morgan fingerprint density at radius 2 is 1.73 bits per heavy atom. The van der Waals surface area contributed by atoms with Crippen molar-refractivity contribution < 1.29 is 9.59 Å². The zero-order chi connectivity index (χ0) is 15.4. The number of anilines is 2. The number of piperidine rings is 1. The molecule has 5 nitrogen and oxygen atoms in total. The molecule has 0 unspecified atom stereocenters. The van der Waals surface area contributed by atoms with Gasteiger partial charge in [-0.3, -0.25) is 9.59 Å². The molecule has 0 radical (unpaired) electrons. The highest BCUT2D eigenvalue weighted by atomic mass is 16.2. The van der Waals surface area contributed by atoms with Crippen molar-refractivity contribution in [3.05, 3.63) is 24.3 Å². The van der Waals surface area contributed by atoms with Crippen LogP contribution < -0.4 is 15.5 Å². The van der Waals surface area contributed by atoms with E-state index in [1.54, 1.807) is 0 Å². The monoisotopic (exact) mass is 301 g/mol. The Bertz CT molecular complexity index is 531. The zero-order valence-corrected chi connectivity index (χ0v) is 12.8. The van der Waals surface area contributed by atoms with Crippen LogP contribution in [0.4, 0.5) is 11.4 Å². The predicted molar refractivity (Wildman–Crippen MR) is 86.9 cm³/mol. The largest absolute Gasteiger partial charge is 0.372 e. The van der Waals surface area contributed by atoms with Crippen LogP contribution in [0.15, 0.2) is 24.3 Å². The maximum absolute atomic E-state index is 11.8. The molecule has 0 aromatic heterocycles. The molecule has 0 spiro atoms. The number of nitrogens with one attached hydrogen (secondary N) is 2. The minimum atomic E-state index is -0.181. The molecule has 1 saturated heterocycles. The summed E-state index contributed by atoms with van der Waals surface area (Å²) in [6.45, 7) is 2.26. The van der Waals surface area contributed by atoms with Crippen LogP contribution in [0.3, 0.4) is 0 Å². The molecule has 1 aromatic carbocycles. The van der Waals surface area contributed by atoms with Crippen molar-refractivity contribution in [2.75, 3.05) is 29.9 Å². The molecule has 1 aliphatic carbocycles. The maximum Gasteiger partial charge on any atom is 0.243 e. The third kappa shape index (κ3) is 4.00. The summed E-state index contributed by atoms with van der Waals surface area (Å²) in [5.74, 6) is -0.0491. The fraction of sp³-hybridized carbons (Fsp3) is 0.529. The molecule has 1 heterocycles. The lowest BCUT2D eigenvalue weighted by Crippen LogP contribution is -2.33. The summed E-state index contributed by atoms with van der Waals surface area (Å²) in [4.78, 5) is 25.7. The quantitative estimate of drug-likeness (QED) is 0.876. The van der Waals surface area contributed by atoms with Gasteiger partial charge in [0.15, 0.2) is 0 Å². The molecule has 5 heteroatoms. The lowest BCUT2D eigenvalue weighted by Gasteiger charge is -2.28. The van der Waals surface area contributed by atoms with Gasteiger partial charge in [-0.2, -0.15) is 0 Å². The average Bonchev–Trinajstić information content (AvgIpc) is 3.39. The van der Waals surface area contributed by atoms with Crippen molar-refractivity contribution in [3.8, 4) is 0 Å². The molecule has 0 atom stereocenters. The molecule has 0 bridgehead atoms. The van der Waals surface area contributed by atoms with E-state index in [2.05, 4.69) is 15.5 Å². The summed E-state index contributed by atoms with van der Waals surface area (Å²) in [5, 5.41) is 5.48. The second kappa shape index (κ2) is 6.81. The fourth-order valence-electron chi connectivity index (χ4n) is 2.77. The highest BCUT2D eigenvalue weighted by molar-refractivity contribution is 5.95. The number of rotatable bonds is 5. The number of benzene rings is 1. The Balaban J connectivity index is 1.47. The van der Waals surface area contributed by atoms with E-state index in [0.717, 1.165) is 31.6 Å². The topological polar surface area (TPSA) is 61.4 Å². The van der Waals surface area contributed by atoms with E-state index < -0.39 is 0 Å². The second-order valence-electron chi connectivity index (χ2n) is 6.13. The average molecular weight is 301 g/mol. The zero-order valence-electron chi connectivity index (χ0n) is 12.8. The van der Waals surface area contributed by atoms with Crippen LogP contribution in [0.1, 0.15) is 32.1 Å². The third-order valence-corrected chi connectivity index (χ3v) is 4.24. The molecular formula is C17H23N3O2. The molecule has 2 aliphatic rings. The van der Waals surface area contributed by atoms with Gasteiger partial charge in [-0.25, -0.2) is 0 Å². The van der Waals surface area contributed by atoms with Crippen LogP contribution in [0.5, 0.6) is 0 Å². The molecule has 2 amide bonds. The molecule has 2 N–H and O–H groups in total. The molecule has 1 aromatic rings. The van der Waals surface area contributed by atoms with E-state index in [4.69, 9.17) is 0 Å². The van der Waals surface area contributed by atoms with Crippen molar-refractivity contribution in [1.29, 1.82) is 0 Å². The van der Waals surface area contributed by atoms with Gasteiger partial charge in [0.25, 0.3) is 0 Å². The second-order valence-corrected chi connectivity index (χ2v) is 6.13. The predicted octanol–water partition coefficient (Wildman–Crippen LogP) is 2.14. The molecule has 1 saturated carbocycles. The first-order valence-corrected chi connectivity index (χ1v) is 8.15. The number of carbonyl (C=O) groups is 2. The number of amides is 2. The number of carbonyl (C=O) groups excluding carboxylic acids is 2. The first kappa shape index (κ1) is 14.9. The lowest BCUT2D eigenvalue weighted by molar-refractivity contribution is -0.125. The van der Waals surface area contributed by atoms with Crippen molar-refractivity contribution in [2.45, 2.75) is 32.1 Å². The Morgan fingerprint density at radius 3 is 2.36 bits per heavy atom. The highest BCUT2D eigenvalue weighted by Crippen LogP contribution is 2.28. The minimum absolute atomic E-state index is 0.00408. The number of hydrogen-bond acceptors (Lipinski definition) is 3. The van der Waals surface area contributed by atoms with Gasteiger partial charge in [-0.15, -0.1) is 0 Å². The summed E-state index contributed by atoms with van der Waals surface area (Å²) in [6, 6.07) is 7.93. The molecule has 118 valence electrons. The maximum atomic E-state index is 11.8. The first-order chi connectivity index (χ1) is 10.7. The van der Waals surface area contributed by atoms with E-state index in [1.165, 1.54) is 24.9 Å². The van der Waals surface area contributed by atoms with Gasteiger partial charge in [-0.1, -0.05) is 0 Å². The molecule has 2 fully saturated rings. The van der Waals surface area contributed by atoms with Gasteiger partial charge in [-0.05, 0) is 56.4 Å². The molecular weight excluding hydrogens is 278 g/mol. The van der Waals surface area contributed by atoms with Crippen LogP contribution >= 0.6 is 0 Å². The van der Waals surface area contributed by atoms with Crippen molar-refractivity contribution >= 4 is 23.2 Å². The summed E-state index contributed by atoms with van der Waals surface area (Å²) in [6.07, 6.45) is 5.71. The van der Waals surface area contributed by atoms with Crippen LogP contribution in [-0.4, -0.2) is 31.4 Å².